The van der Waals surface area contributed by atoms with Crippen LogP contribution in [0.1, 0.15) is 34.8 Å². The molecule has 0 saturated carbocycles. The van der Waals surface area contributed by atoms with Gasteiger partial charge in [-0.15, -0.1) is 0 Å². The Bertz CT molecular complexity index is 1650. The summed E-state index contributed by atoms with van der Waals surface area (Å²) in [7, 11) is 1.81. The molecular weight excluding hydrogens is 454 g/mol. The molecule has 4 aromatic heterocycles. The van der Waals surface area contributed by atoms with Gasteiger partial charge in [0, 0.05) is 30.4 Å². The summed E-state index contributed by atoms with van der Waals surface area (Å²) in [5.74, 6) is -0.529. The Hall–Kier alpha value is -5.17. The molecule has 0 bridgehead atoms. The fourth-order valence-corrected chi connectivity index (χ4v) is 3.85. The number of nitrogens with one attached hydrogen (secondary N) is 1. The largest absolute Gasteiger partial charge is 0.382 e. The molecule has 10 nitrogen and oxygen atoms in total. The molecular formula is C26H21N9O. The zero-order valence-electron chi connectivity index (χ0n) is 19.5. The number of anilines is 1. The van der Waals surface area contributed by atoms with E-state index in [0.29, 0.717) is 22.8 Å². The lowest BCUT2D eigenvalue weighted by Crippen LogP contribution is -2.29. The molecule has 1 amide bonds. The van der Waals surface area contributed by atoms with E-state index in [-0.39, 0.29) is 17.2 Å². The van der Waals surface area contributed by atoms with Crippen LogP contribution in [0.4, 0.5) is 5.82 Å². The molecule has 0 saturated heterocycles. The number of amides is 1. The fraction of sp³-hybridized carbons (Fsp3) is 0.115. The lowest BCUT2D eigenvalue weighted by molar-refractivity contribution is 0.0935. The van der Waals surface area contributed by atoms with Gasteiger partial charge in [-0.2, -0.15) is 10.4 Å². The number of hydrogen-bond acceptors (Lipinski definition) is 8. The number of aryl methyl sites for hydroxylation is 1. The van der Waals surface area contributed by atoms with Crippen LogP contribution in [0.25, 0.3) is 33.5 Å². The average molecular weight is 476 g/mol. The van der Waals surface area contributed by atoms with Crippen molar-refractivity contribution in [3.8, 4) is 28.7 Å². The summed E-state index contributed by atoms with van der Waals surface area (Å²) < 4.78 is 1.66. The first-order chi connectivity index (χ1) is 17.4. The normalized spacial score (nSPS) is 11.7. The number of nitrogen functional groups attached to an aromatic ring is 1. The second-order valence-electron chi connectivity index (χ2n) is 8.19. The van der Waals surface area contributed by atoms with Crippen LogP contribution in [0.5, 0.6) is 0 Å². The van der Waals surface area contributed by atoms with Gasteiger partial charge in [0.05, 0.1) is 22.9 Å². The van der Waals surface area contributed by atoms with E-state index in [1.165, 1.54) is 0 Å². The molecule has 0 spiro atoms. The van der Waals surface area contributed by atoms with E-state index in [1.54, 1.807) is 49.2 Å². The highest BCUT2D eigenvalue weighted by Crippen LogP contribution is 2.31. The maximum absolute atomic E-state index is 13.2. The number of nitrogens with zero attached hydrogens (tertiary/aromatic N) is 7. The van der Waals surface area contributed by atoms with E-state index in [4.69, 9.17) is 11.0 Å². The Morgan fingerprint density at radius 1 is 1.08 bits per heavy atom. The first kappa shape index (κ1) is 22.6. The van der Waals surface area contributed by atoms with Crippen LogP contribution in [0.15, 0.2) is 67.0 Å². The Morgan fingerprint density at radius 3 is 2.72 bits per heavy atom. The van der Waals surface area contributed by atoms with E-state index in [2.05, 4.69) is 30.4 Å². The molecule has 176 valence electrons. The molecule has 1 atom stereocenters. The predicted molar refractivity (Wildman–Crippen MR) is 134 cm³/mol. The molecule has 0 aliphatic carbocycles. The van der Waals surface area contributed by atoms with Crippen molar-refractivity contribution in [2.24, 2.45) is 7.05 Å². The summed E-state index contributed by atoms with van der Waals surface area (Å²) >= 11 is 0. The van der Waals surface area contributed by atoms with Gasteiger partial charge in [0.15, 0.2) is 11.5 Å². The predicted octanol–water partition coefficient (Wildman–Crippen LogP) is 3.43. The summed E-state index contributed by atoms with van der Waals surface area (Å²) in [5, 5.41) is 17.4. The van der Waals surface area contributed by atoms with Gasteiger partial charge in [-0.05, 0) is 43.3 Å². The topological polar surface area (TPSA) is 148 Å². The number of nitriles is 1. The monoisotopic (exact) mass is 475 g/mol. The zero-order chi connectivity index (χ0) is 25.2. The summed E-state index contributed by atoms with van der Waals surface area (Å²) in [6, 6.07) is 17.9. The molecule has 3 N–H and O–H groups in total. The van der Waals surface area contributed by atoms with E-state index < -0.39 is 11.9 Å². The molecule has 1 unspecified atom stereocenters. The van der Waals surface area contributed by atoms with Crippen molar-refractivity contribution in [1.82, 2.24) is 35.0 Å². The summed E-state index contributed by atoms with van der Waals surface area (Å²) in [6.45, 7) is 1.77. The number of carbonyl (C=O) groups excluding carboxylic acids is 1. The van der Waals surface area contributed by atoms with Crippen LogP contribution in [0.3, 0.4) is 0 Å². The number of nitrogens with two attached hydrogens (primary N) is 1. The minimum atomic E-state index is -0.507. The second kappa shape index (κ2) is 9.23. The molecule has 36 heavy (non-hydrogen) atoms. The van der Waals surface area contributed by atoms with Gasteiger partial charge < -0.3 is 11.1 Å². The summed E-state index contributed by atoms with van der Waals surface area (Å²) in [6.07, 6.45) is 3.53. The minimum Gasteiger partial charge on any atom is -0.382 e. The van der Waals surface area contributed by atoms with Crippen LogP contribution < -0.4 is 11.1 Å². The molecule has 1 aromatic carbocycles. The number of carbonyl (C=O) groups is 1. The van der Waals surface area contributed by atoms with Crippen LogP contribution >= 0.6 is 0 Å². The van der Waals surface area contributed by atoms with Crippen LogP contribution in [-0.2, 0) is 7.05 Å². The molecule has 10 heteroatoms. The van der Waals surface area contributed by atoms with Crippen molar-refractivity contribution in [2.45, 2.75) is 13.0 Å². The Kier molecular flexibility index (Phi) is 5.80. The minimum absolute atomic E-state index is 0.0146. The molecule has 4 heterocycles. The van der Waals surface area contributed by atoms with E-state index in [0.717, 1.165) is 16.5 Å². The van der Waals surface area contributed by atoms with Gasteiger partial charge in [-0.25, -0.2) is 15.0 Å². The smallest absolute Gasteiger partial charge is 0.274 e. The highest BCUT2D eigenvalue weighted by Gasteiger charge is 2.23. The van der Waals surface area contributed by atoms with Gasteiger partial charge in [0.25, 0.3) is 5.91 Å². The number of rotatable bonds is 5. The number of hydrogen-bond donors (Lipinski definition) is 2. The van der Waals surface area contributed by atoms with E-state index in [1.807, 2.05) is 42.5 Å². The van der Waals surface area contributed by atoms with Crippen LogP contribution in [-0.4, -0.2) is 35.6 Å². The van der Waals surface area contributed by atoms with Crippen molar-refractivity contribution in [3.63, 3.8) is 0 Å². The Labute approximate surface area is 206 Å². The van der Waals surface area contributed by atoms with Crippen molar-refractivity contribution in [3.05, 3.63) is 84.1 Å². The first-order valence-corrected chi connectivity index (χ1v) is 11.1. The van der Waals surface area contributed by atoms with Crippen molar-refractivity contribution in [1.29, 1.82) is 5.26 Å². The molecule has 5 rings (SSSR count). The maximum Gasteiger partial charge on any atom is 0.274 e. The van der Waals surface area contributed by atoms with Gasteiger partial charge in [-0.3, -0.25) is 14.5 Å². The maximum atomic E-state index is 13.2. The van der Waals surface area contributed by atoms with Gasteiger partial charge in [0.2, 0.25) is 0 Å². The highest BCUT2D eigenvalue weighted by molar-refractivity contribution is 5.98. The average Bonchev–Trinajstić information content (AvgIpc) is 3.34. The van der Waals surface area contributed by atoms with Crippen molar-refractivity contribution >= 4 is 22.6 Å². The number of benzene rings is 1. The van der Waals surface area contributed by atoms with Crippen molar-refractivity contribution in [2.75, 3.05) is 5.73 Å². The fourth-order valence-electron chi connectivity index (χ4n) is 3.85. The van der Waals surface area contributed by atoms with E-state index >= 15 is 0 Å². The number of aromatic nitrogens is 6. The van der Waals surface area contributed by atoms with Crippen LogP contribution in [0.2, 0.25) is 0 Å². The van der Waals surface area contributed by atoms with Gasteiger partial charge >= 0.3 is 0 Å². The Balaban J connectivity index is 1.58. The molecule has 0 radical (unpaired) electrons. The third-order valence-corrected chi connectivity index (χ3v) is 5.65. The van der Waals surface area contributed by atoms with E-state index in [9.17, 15) is 4.79 Å². The van der Waals surface area contributed by atoms with Crippen molar-refractivity contribution < 1.29 is 4.79 Å². The third kappa shape index (κ3) is 4.33. The first-order valence-electron chi connectivity index (χ1n) is 11.1. The zero-order valence-corrected chi connectivity index (χ0v) is 19.5. The second-order valence-corrected chi connectivity index (χ2v) is 8.19. The number of pyridine rings is 2. The highest BCUT2D eigenvalue weighted by atomic mass is 16.2. The third-order valence-electron chi connectivity index (χ3n) is 5.65. The summed E-state index contributed by atoms with van der Waals surface area (Å²) in [5.41, 5.74) is 10.1. The SMILES string of the molecule is CC(NC(=O)c1nc(-c2ccc3ncccc3c2)c(-c2ccn(C)n2)nc1N)c1cccc(C#N)n1. The summed E-state index contributed by atoms with van der Waals surface area (Å²) in [4.78, 5) is 31.1. The standard InChI is InChI=1S/C26H21N9O/c1-15(19-7-3-6-18(14-27)31-19)30-26(36)24-25(28)33-23(21-10-12-35(2)34-21)22(32-24)17-8-9-20-16(13-17)5-4-11-29-20/h3-13,15H,1-2H3,(H2,28,33)(H,30,36). The van der Waals surface area contributed by atoms with Gasteiger partial charge in [0.1, 0.15) is 23.2 Å². The van der Waals surface area contributed by atoms with Crippen LogP contribution in [0, 0.1) is 11.3 Å². The lowest BCUT2D eigenvalue weighted by atomic mass is 10.0. The molecule has 0 aliphatic heterocycles. The lowest BCUT2D eigenvalue weighted by Gasteiger charge is -2.16. The van der Waals surface area contributed by atoms with Gasteiger partial charge in [-0.1, -0.05) is 18.2 Å². The Morgan fingerprint density at radius 2 is 1.94 bits per heavy atom. The quantitative estimate of drug-likeness (QED) is 0.393. The molecule has 5 aromatic rings. The molecule has 0 fully saturated rings. The molecule has 0 aliphatic rings. The number of fused-ring (bicyclic) bond motifs is 1.